The molecule has 4 rings (SSSR count). The summed E-state index contributed by atoms with van der Waals surface area (Å²) in [5, 5.41) is 0. The molecule has 35 heavy (non-hydrogen) atoms. The molecular formula is C25H32N4O6. The molecule has 0 radical (unpaired) electrons. The number of hydrogen-bond acceptors (Lipinski definition) is 6. The van der Waals surface area contributed by atoms with E-state index in [4.69, 9.17) is 4.74 Å². The number of nitrogens with zero attached hydrogens (tertiary/aromatic N) is 4. The van der Waals surface area contributed by atoms with Gasteiger partial charge >= 0.3 is 5.97 Å². The van der Waals surface area contributed by atoms with Crippen molar-refractivity contribution in [2.45, 2.75) is 45.2 Å². The molecule has 3 heterocycles. The maximum atomic E-state index is 13.4. The molecule has 2 fully saturated rings. The van der Waals surface area contributed by atoms with Crippen molar-refractivity contribution in [1.29, 1.82) is 0 Å². The summed E-state index contributed by atoms with van der Waals surface area (Å²) in [6.07, 6.45) is 2.07. The van der Waals surface area contributed by atoms with E-state index in [-0.39, 0.29) is 55.7 Å². The van der Waals surface area contributed by atoms with E-state index in [9.17, 15) is 24.0 Å². The molecule has 1 aromatic carbocycles. The SMILES string of the molecule is CCOC(=O)C1CCCN(C(=O)CN(C)C(=O)CN2C(=O)c3ccccc3N3C(=O)CCC23C)C1. The summed E-state index contributed by atoms with van der Waals surface area (Å²) in [4.78, 5) is 70.1. The lowest BCUT2D eigenvalue weighted by atomic mass is 9.98. The van der Waals surface area contributed by atoms with Gasteiger partial charge in [0.2, 0.25) is 17.7 Å². The van der Waals surface area contributed by atoms with Crippen molar-refractivity contribution >= 4 is 35.3 Å². The van der Waals surface area contributed by atoms with E-state index in [0.29, 0.717) is 43.7 Å². The van der Waals surface area contributed by atoms with Gasteiger partial charge in [0, 0.05) is 26.6 Å². The number of likely N-dealkylation sites (tertiary alicyclic amines) is 1. The van der Waals surface area contributed by atoms with Crippen LogP contribution in [0, 0.1) is 5.92 Å². The number of anilines is 1. The maximum absolute atomic E-state index is 13.4. The Bertz CT molecular complexity index is 1060. The van der Waals surface area contributed by atoms with E-state index < -0.39 is 11.6 Å². The molecule has 2 atom stereocenters. The third-order valence-corrected chi connectivity index (χ3v) is 7.23. The number of para-hydroxylation sites is 1. The first-order chi connectivity index (χ1) is 16.7. The van der Waals surface area contributed by atoms with Gasteiger partial charge in [0.1, 0.15) is 12.2 Å². The fourth-order valence-corrected chi connectivity index (χ4v) is 5.24. The van der Waals surface area contributed by atoms with Gasteiger partial charge in [0.25, 0.3) is 5.91 Å². The van der Waals surface area contributed by atoms with Gasteiger partial charge in [0.05, 0.1) is 30.3 Å². The zero-order chi connectivity index (χ0) is 25.3. The smallest absolute Gasteiger partial charge is 0.310 e. The van der Waals surface area contributed by atoms with Gasteiger partial charge in [-0.05, 0) is 45.2 Å². The van der Waals surface area contributed by atoms with Crippen LogP contribution in [-0.4, -0.2) is 89.8 Å². The summed E-state index contributed by atoms with van der Waals surface area (Å²) in [7, 11) is 1.52. The first-order valence-electron chi connectivity index (χ1n) is 12.1. The minimum absolute atomic E-state index is 0.0883. The van der Waals surface area contributed by atoms with Gasteiger partial charge in [-0.3, -0.25) is 28.9 Å². The van der Waals surface area contributed by atoms with E-state index in [1.165, 1.54) is 16.8 Å². The Morgan fingerprint density at radius 3 is 2.69 bits per heavy atom. The van der Waals surface area contributed by atoms with Gasteiger partial charge in [-0.25, -0.2) is 0 Å². The Labute approximate surface area is 204 Å². The molecule has 10 heteroatoms. The molecule has 1 aromatic rings. The average molecular weight is 485 g/mol. The second-order valence-corrected chi connectivity index (χ2v) is 9.54. The predicted octanol–water partition coefficient (Wildman–Crippen LogP) is 1.25. The molecule has 188 valence electrons. The summed E-state index contributed by atoms with van der Waals surface area (Å²) in [6, 6.07) is 6.92. The molecule has 0 aromatic heterocycles. The molecule has 0 N–H and O–H groups in total. The molecule has 0 bridgehead atoms. The highest BCUT2D eigenvalue weighted by atomic mass is 16.5. The van der Waals surface area contributed by atoms with Crippen molar-refractivity contribution in [3.63, 3.8) is 0 Å². The maximum Gasteiger partial charge on any atom is 0.310 e. The van der Waals surface area contributed by atoms with Crippen LogP contribution in [0.3, 0.4) is 0 Å². The van der Waals surface area contributed by atoms with Gasteiger partial charge in [-0.1, -0.05) is 12.1 Å². The summed E-state index contributed by atoms with van der Waals surface area (Å²) in [6.45, 7) is 4.23. The number of fused-ring (bicyclic) bond motifs is 3. The van der Waals surface area contributed by atoms with E-state index in [0.717, 1.165) is 0 Å². The van der Waals surface area contributed by atoms with Crippen LogP contribution in [0.4, 0.5) is 5.69 Å². The van der Waals surface area contributed by atoms with E-state index in [2.05, 4.69) is 0 Å². The number of piperidine rings is 1. The summed E-state index contributed by atoms with van der Waals surface area (Å²) >= 11 is 0. The first-order valence-corrected chi connectivity index (χ1v) is 12.1. The monoisotopic (exact) mass is 484 g/mol. The predicted molar refractivity (Wildman–Crippen MR) is 126 cm³/mol. The Morgan fingerprint density at radius 1 is 1.20 bits per heavy atom. The summed E-state index contributed by atoms with van der Waals surface area (Å²) < 4.78 is 5.09. The molecule has 2 unspecified atom stereocenters. The van der Waals surface area contributed by atoms with Crippen molar-refractivity contribution in [1.82, 2.24) is 14.7 Å². The molecule has 3 aliphatic heterocycles. The van der Waals surface area contributed by atoms with Crippen molar-refractivity contribution in [3.05, 3.63) is 29.8 Å². The lowest BCUT2D eigenvalue weighted by Crippen LogP contribution is -2.64. The molecule has 0 saturated carbocycles. The van der Waals surface area contributed by atoms with E-state index in [1.54, 1.807) is 47.9 Å². The van der Waals surface area contributed by atoms with Crippen LogP contribution in [0.15, 0.2) is 24.3 Å². The Morgan fingerprint density at radius 2 is 1.94 bits per heavy atom. The van der Waals surface area contributed by atoms with Crippen molar-refractivity contribution < 1.29 is 28.7 Å². The van der Waals surface area contributed by atoms with Crippen LogP contribution in [0.2, 0.25) is 0 Å². The van der Waals surface area contributed by atoms with Gasteiger partial charge in [-0.2, -0.15) is 0 Å². The number of benzene rings is 1. The second kappa shape index (κ2) is 9.67. The van der Waals surface area contributed by atoms with Crippen LogP contribution in [0.1, 0.15) is 49.9 Å². The average Bonchev–Trinajstić information content (AvgIpc) is 3.16. The van der Waals surface area contributed by atoms with E-state index in [1.807, 2.05) is 0 Å². The second-order valence-electron chi connectivity index (χ2n) is 9.54. The van der Waals surface area contributed by atoms with Crippen molar-refractivity contribution in [2.75, 3.05) is 44.7 Å². The zero-order valence-corrected chi connectivity index (χ0v) is 20.5. The molecule has 3 aliphatic rings. The number of carbonyl (C=O) groups is 5. The molecular weight excluding hydrogens is 452 g/mol. The van der Waals surface area contributed by atoms with Gasteiger partial charge in [-0.15, -0.1) is 0 Å². The highest BCUT2D eigenvalue weighted by Gasteiger charge is 2.53. The molecule has 10 nitrogen and oxygen atoms in total. The molecule has 0 aliphatic carbocycles. The minimum atomic E-state index is -0.942. The number of likely N-dealkylation sites (N-methyl/N-ethyl adjacent to an activating group) is 1. The molecule has 0 spiro atoms. The quantitative estimate of drug-likeness (QED) is 0.563. The topological polar surface area (TPSA) is 108 Å². The largest absolute Gasteiger partial charge is 0.466 e. The third-order valence-electron chi connectivity index (χ3n) is 7.23. The number of amides is 4. The lowest BCUT2D eigenvalue weighted by Gasteiger charge is -2.48. The molecule has 2 saturated heterocycles. The summed E-state index contributed by atoms with van der Waals surface area (Å²) in [5.41, 5.74) is 0.00372. The fraction of sp³-hybridized carbons (Fsp3) is 0.560. The number of rotatable bonds is 6. The standard InChI is InChI=1S/C25H32N4O6/c1-4-35-24(34)17-8-7-13-27(14-17)22(32)15-26(3)21(31)16-28-23(33)18-9-5-6-10-19(18)29-20(30)11-12-25(28,29)2/h5-6,9-10,17H,4,7-8,11-16H2,1-3H3. The Kier molecular flexibility index (Phi) is 6.82. The lowest BCUT2D eigenvalue weighted by molar-refractivity contribution is -0.152. The Balaban J connectivity index is 1.44. The molecule has 4 amide bonds. The van der Waals surface area contributed by atoms with Crippen LogP contribution in [0.5, 0.6) is 0 Å². The van der Waals surface area contributed by atoms with Crippen LogP contribution < -0.4 is 4.90 Å². The van der Waals surface area contributed by atoms with E-state index >= 15 is 0 Å². The fourth-order valence-electron chi connectivity index (χ4n) is 5.24. The summed E-state index contributed by atoms with van der Waals surface area (Å²) in [5.74, 6) is -1.71. The normalized spacial score (nSPS) is 23.6. The number of esters is 1. The number of ether oxygens (including phenoxy) is 1. The van der Waals surface area contributed by atoms with Crippen LogP contribution in [-0.2, 0) is 23.9 Å². The van der Waals surface area contributed by atoms with Gasteiger partial charge in [0.15, 0.2) is 0 Å². The van der Waals surface area contributed by atoms with Crippen molar-refractivity contribution in [3.8, 4) is 0 Å². The van der Waals surface area contributed by atoms with Crippen molar-refractivity contribution in [2.24, 2.45) is 5.92 Å². The zero-order valence-electron chi connectivity index (χ0n) is 20.5. The number of hydrogen-bond donors (Lipinski definition) is 0. The highest BCUT2D eigenvalue weighted by molar-refractivity contribution is 6.11. The highest BCUT2D eigenvalue weighted by Crippen LogP contribution is 2.43. The number of carbonyl (C=O) groups excluding carboxylic acids is 5. The van der Waals surface area contributed by atoms with Gasteiger partial charge < -0.3 is 19.4 Å². The Hall–Kier alpha value is -3.43. The minimum Gasteiger partial charge on any atom is -0.466 e. The van der Waals surface area contributed by atoms with Crippen LogP contribution >= 0.6 is 0 Å². The van der Waals surface area contributed by atoms with Crippen LogP contribution in [0.25, 0.3) is 0 Å². The first kappa shape index (κ1) is 24.7. The third kappa shape index (κ3) is 4.49.